The van der Waals surface area contributed by atoms with E-state index in [1.54, 1.807) is 6.20 Å². The maximum Gasteiger partial charge on any atom is 0.0873 e. The van der Waals surface area contributed by atoms with Gasteiger partial charge in [0.25, 0.3) is 0 Å². The van der Waals surface area contributed by atoms with Gasteiger partial charge in [0.15, 0.2) is 0 Å². The van der Waals surface area contributed by atoms with Crippen molar-refractivity contribution in [2.45, 2.75) is 25.6 Å². The monoisotopic (exact) mass is 227 g/mol. The molecule has 2 rings (SSSR count). The minimum absolute atomic E-state index is 0.0553. The fraction of sp³-hybridized carbons (Fsp3) is 0.700. The third-order valence-corrected chi connectivity index (χ3v) is 3.65. The molecule has 84 valence electrons. The third kappa shape index (κ3) is 2.35. The van der Waals surface area contributed by atoms with Crippen LogP contribution in [-0.2, 0) is 11.3 Å². The summed E-state index contributed by atoms with van der Waals surface area (Å²) < 4.78 is 7.61. The van der Waals surface area contributed by atoms with Gasteiger partial charge in [-0.1, -0.05) is 0 Å². The topological polar surface area (TPSA) is 53.1 Å². The SMILES string of the molecule is CCn1nccc1C(N)C1CSCCO1. The summed E-state index contributed by atoms with van der Waals surface area (Å²) in [6, 6.07) is 1.93. The van der Waals surface area contributed by atoms with E-state index >= 15 is 0 Å². The average Bonchev–Trinajstić information content (AvgIpc) is 2.77. The molecule has 1 aliphatic rings. The van der Waals surface area contributed by atoms with Crippen LogP contribution in [0.25, 0.3) is 0 Å². The number of hydrogen-bond acceptors (Lipinski definition) is 4. The summed E-state index contributed by atoms with van der Waals surface area (Å²) in [6.45, 7) is 3.74. The quantitative estimate of drug-likeness (QED) is 0.838. The van der Waals surface area contributed by atoms with Gasteiger partial charge >= 0.3 is 0 Å². The van der Waals surface area contributed by atoms with E-state index in [4.69, 9.17) is 10.5 Å². The van der Waals surface area contributed by atoms with E-state index in [1.165, 1.54) is 0 Å². The number of aromatic nitrogens is 2. The minimum atomic E-state index is -0.0553. The van der Waals surface area contributed by atoms with E-state index in [9.17, 15) is 0 Å². The van der Waals surface area contributed by atoms with Gasteiger partial charge < -0.3 is 10.5 Å². The van der Waals surface area contributed by atoms with E-state index < -0.39 is 0 Å². The molecule has 0 aromatic carbocycles. The second kappa shape index (κ2) is 5.01. The van der Waals surface area contributed by atoms with Crippen molar-refractivity contribution in [3.63, 3.8) is 0 Å². The first kappa shape index (κ1) is 11.0. The number of hydrogen-bond donors (Lipinski definition) is 1. The lowest BCUT2D eigenvalue weighted by atomic mass is 10.1. The van der Waals surface area contributed by atoms with Crippen LogP contribution in [0, 0.1) is 0 Å². The zero-order valence-corrected chi connectivity index (χ0v) is 9.74. The lowest BCUT2D eigenvalue weighted by molar-refractivity contribution is 0.0549. The zero-order valence-electron chi connectivity index (χ0n) is 8.93. The van der Waals surface area contributed by atoms with Gasteiger partial charge in [0.2, 0.25) is 0 Å². The smallest absolute Gasteiger partial charge is 0.0873 e. The van der Waals surface area contributed by atoms with Crippen LogP contribution < -0.4 is 5.73 Å². The average molecular weight is 227 g/mol. The fourth-order valence-electron chi connectivity index (χ4n) is 1.79. The van der Waals surface area contributed by atoms with Gasteiger partial charge in [0, 0.05) is 24.2 Å². The van der Waals surface area contributed by atoms with Crippen molar-refractivity contribution in [1.29, 1.82) is 0 Å². The molecule has 1 fully saturated rings. The molecule has 0 radical (unpaired) electrons. The van der Waals surface area contributed by atoms with E-state index in [-0.39, 0.29) is 12.1 Å². The summed E-state index contributed by atoms with van der Waals surface area (Å²) in [5.41, 5.74) is 7.27. The highest BCUT2D eigenvalue weighted by Gasteiger charge is 2.25. The number of thioether (sulfide) groups is 1. The molecule has 1 aromatic rings. The van der Waals surface area contributed by atoms with Crippen molar-refractivity contribution in [3.8, 4) is 0 Å². The van der Waals surface area contributed by atoms with E-state index in [1.807, 2.05) is 22.5 Å². The summed E-state index contributed by atoms with van der Waals surface area (Å²) in [7, 11) is 0. The van der Waals surface area contributed by atoms with Gasteiger partial charge in [-0.2, -0.15) is 16.9 Å². The van der Waals surface area contributed by atoms with Gasteiger partial charge in [-0.05, 0) is 13.0 Å². The Hall–Kier alpha value is -0.520. The molecule has 15 heavy (non-hydrogen) atoms. The maximum absolute atomic E-state index is 6.19. The van der Waals surface area contributed by atoms with Crippen LogP contribution in [0.3, 0.4) is 0 Å². The van der Waals surface area contributed by atoms with E-state index in [0.717, 1.165) is 30.4 Å². The molecule has 0 amide bonds. The van der Waals surface area contributed by atoms with Crippen LogP contribution in [0.15, 0.2) is 12.3 Å². The normalized spacial score (nSPS) is 24.0. The van der Waals surface area contributed by atoms with E-state index in [0.29, 0.717) is 0 Å². The van der Waals surface area contributed by atoms with E-state index in [2.05, 4.69) is 12.0 Å². The summed E-state index contributed by atoms with van der Waals surface area (Å²) >= 11 is 1.91. The summed E-state index contributed by atoms with van der Waals surface area (Å²) in [5.74, 6) is 2.06. The number of nitrogens with two attached hydrogens (primary N) is 1. The number of ether oxygens (including phenoxy) is 1. The molecule has 1 aromatic heterocycles. The molecule has 0 aliphatic carbocycles. The second-order valence-electron chi connectivity index (χ2n) is 3.58. The summed E-state index contributed by atoms with van der Waals surface area (Å²) in [5, 5.41) is 4.22. The van der Waals surface area contributed by atoms with Crippen molar-refractivity contribution in [2.75, 3.05) is 18.1 Å². The molecule has 0 spiro atoms. The van der Waals surface area contributed by atoms with Crippen molar-refractivity contribution >= 4 is 11.8 Å². The predicted octanol–water partition coefficient (Wildman–Crippen LogP) is 1.03. The van der Waals surface area contributed by atoms with Crippen LogP contribution in [0.5, 0.6) is 0 Å². The van der Waals surface area contributed by atoms with Crippen molar-refractivity contribution < 1.29 is 4.74 Å². The highest BCUT2D eigenvalue weighted by Crippen LogP contribution is 2.23. The van der Waals surface area contributed by atoms with Crippen LogP contribution in [0.4, 0.5) is 0 Å². The molecule has 2 N–H and O–H groups in total. The lowest BCUT2D eigenvalue weighted by Crippen LogP contribution is -2.35. The van der Waals surface area contributed by atoms with Crippen molar-refractivity contribution in [2.24, 2.45) is 5.73 Å². The second-order valence-corrected chi connectivity index (χ2v) is 4.73. The molecule has 2 atom stereocenters. The minimum Gasteiger partial charge on any atom is -0.374 e. The van der Waals surface area contributed by atoms with Crippen LogP contribution >= 0.6 is 11.8 Å². The molecule has 1 aliphatic heterocycles. The number of nitrogens with zero attached hydrogens (tertiary/aromatic N) is 2. The van der Waals surface area contributed by atoms with Gasteiger partial charge in [0.1, 0.15) is 0 Å². The molecule has 0 bridgehead atoms. The Balaban J connectivity index is 2.08. The first-order valence-corrected chi connectivity index (χ1v) is 6.45. The Bertz CT molecular complexity index is 309. The molecule has 1 saturated heterocycles. The van der Waals surface area contributed by atoms with Crippen molar-refractivity contribution in [1.82, 2.24) is 9.78 Å². The van der Waals surface area contributed by atoms with Gasteiger partial charge in [-0.3, -0.25) is 4.68 Å². The molecule has 0 saturated carbocycles. The molecule has 2 unspecified atom stereocenters. The number of aryl methyl sites for hydroxylation is 1. The molecule has 5 heteroatoms. The van der Waals surface area contributed by atoms with Gasteiger partial charge in [0.05, 0.1) is 24.4 Å². The maximum atomic E-state index is 6.19. The molecule has 2 heterocycles. The predicted molar refractivity (Wildman–Crippen MR) is 61.9 cm³/mol. The standard InChI is InChI=1S/C10H17N3OS/c1-2-13-8(3-4-12-13)10(11)9-7-15-6-5-14-9/h3-4,9-10H,2,5-7,11H2,1H3. The number of rotatable bonds is 3. The van der Waals surface area contributed by atoms with Crippen molar-refractivity contribution in [3.05, 3.63) is 18.0 Å². The first-order chi connectivity index (χ1) is 7.33. The Labute approximate surface area is 94.2 Å². The van der Waals surface area contributed by atoms with Gasteiger partial charge in [-0.15, -0.1) is 0 Å². The first-order valence-electron chi connectivity index (χ1n) is 5.29. The fourth-order valence-corrected chi connectivity index (χ4v) is 2.71. The third-order valence-electron chi connectivity index (χ3n) is 2.63. The molecule has 4 nitrogen and oxygen atoms in total. The zero-order chi connectivity index (χ0) is 10.7. The van der Waals surface area contributed by atoms with Crippen LogP contribution in [-0.4, -0.2) is 34.0 Å². The highest BCUT2D eigenvalue weighted by atomic mass is 32.2. The Morgan fingerprint density at radius 2 is 2.67 bits per heavy atom. The Morgan fingerprint density at radius 3 is 3.33 bits per heavy atom. The van der Waals surface area contributed by atoms with Crippen LogP contribution in [0.2, 0.25) is 0 Å². The molecular weight excluding hydrogens is 210 g/mol. The largest absolute Gasteiger partial charge is 0.374 e. The molecular formula is C10H17N3OS. The summed E-state index contributed by atoms with van der Waals surface area (Å²) in [4.78, 5) is 0. The van der Waals surface area contributed by atoms with Crippen LogP contribution in [0.1, 0.15) is 18.7 Å². The highest BCUT2D eigenvalue weighted by molar-refractivity contribution is 7.99. The van der Waals surface area contributed by atoms with Gasteiger partial charge in [-0.25, -0.2) is 0 Å². The lowest BCUT2D eigenvalue weighted by Gasteiger charge is -2.27. The summed E-state index contributed by atoms with van der Waals surface area (Å²) in [6.07, 6.45) is 1.93. The Morgan fingerprint density at radius 1 is 1.80 bits per heavy atom. The Kier molecular flexibility index (Phi) is 3.66.